The molecule has 2 rings (SSSR count). The van der Waals surface area contributed by atoms with Gasteiger partial charge in [0.25, 0.3) is 5.56 Å². The summed E-state index contributed by atoms with van der Waals surface area (Å²) in [7, 11) is 0. The standard InChI is InChI=1S/C17H24N2O3S2/c1-6-9-19-16(20)14-11(4)12(5)24-15(14)18-17(19)23-10-13(21-7-2)22-8-3/h6,13H,1,7-10H2,2-5H3. The Morgan fingerprint density at radius 1 is 1.33 bits per heavy atom. The maximum absolute atomic E-state index is 12.9. The highest BCUT2D eigenvalue weighted by Crippen LogP contribution is 2.28. The minimum absolute atomic E-state index is 0.00591. The Morgan fingerprint density at radius 2 is 2.00 bits per heavy atom. The molecule has 0 fully saturated rings. The molecule has 0 bridgehead atoms. The van der Waals surface area contributed by atoms with Crippen molar-refractivity contribution in [3.8, 4) is 0 Å². The van der Waals surface area contributed by atoms with Crippen molar-refractivity contribution in [2.75, 3.05) is 19.0 Å². The number of fused-ring (bicyclic) bond motifs is 1. The predicted molar refractivity (Wildman–Crippen MR) is 101 cm³/mol. The van der Waals surface area contributed by atoms with Gasteiger partial charge in [0.15, 0.2) is 11.4 Å². The molecule has 2 aromatic rings. The molecular formula is C17H24N2O3S2. The van der Waals surface area contributed by atoms with E-state index in [2.05, 4.69) is 6.58 Å². The Morgan fingerprint density at radius 3 is 2.58 bits per heavy atom. The van der Waals surface area contributed by atoms with E-state index in [1.807, 2.05) is 27.7 Å². The lowest BCUT2D eigenvalue weighted by molar-refractivity contribution is -0.120. The van der Waals surface area contributed by atoms with E-state index in [-0.39, 0.29) is 11.8 Å². The number of nitrogens with zero attached hydrogens (tertiary/aromatic N) is 2. The van der Waals surface area contributed by atoms with Crippen LogP contribution in [0.2, 0.25) is 0 Å². The molecule has 0 unspecified atom stereocenters. The Kier molecular flexibility index (Phi) is 7.03. The van der Waals surface area contributed by atoms with Crippen molar-refractivity contribution in [1.29, 1.82) is 0 Å². The zero-order valence-electron chi connectivity index (χ0n) is 14.6. The summed E-state index contributed by atoms with van der Waals surface area (Å²) in [5.74, 6) is 0.583. The summed E-state index contributed by atoms with van der Waals surface area (Å²) in [6.07, 6.45) is 1.41. The zero-order chi connectivity index (χ0) is 17.7. The van der Waals surface area contributed by atoms with Crippen LogP contribution in [0.4, 0.5) is 0 Å². The number of thiophene rings is 1. The molecule has 24 heavy (non-hydrogen) atoms. The number of rotatable bonds is 9. The van der Waals surface area contributed by atoms with Gasteiger partial charge in [-0.25, -0.2) is 4.98 Å². The first-order valence-electron chi connectivity index (χ1n) is 8.00. The number of hydrogen-bond acceptors (Lipinski definition) is 6. The average Bonchev–Trinajstić information content (AvgIpc) is 2.83. The van der Waals surface area contributed by atoms with E-state index in [0.717, 1.165) is 20.7 Å². The highest BCUT2D eigenvalue weighted by Gasteiger charge is 2.18. The molecular weight excluding hydrogens is 344 g/mol. The first-order valence-corrected chi connectivity index (χ1v) is 9.81. The lowest BCUT2D eigenvalue weighted by atomic mass is 10.2. The van der Waals surface area contributed by atoms with Crippen molar-refractivity contribution in [3.05, 3.63) is 33.4 Å². The van der Waals surface area contributed by atoms with Crippen LogP contribution in [0.25, 0.3) is 10.2 Å². The summed E-state index contributed by atoms with van der Waals surface area (Å²) >= 11 is 3.04. The van der Waals surface area contributed by atoms with E-state index in [1.165, 1.54) is 11.8 Å². The SMILES string of the molecule is C=CCn1c(SCC(OCC)OCC)nc2sc(C)c(C)c2c1=O. The van der Waals surface area contributed by atoms with Crippen molar-refractivity contribution in [2.45, 2.75) is 45.7 Å². The van der Waals surface area contributed by atoms with Gasteiger partial charge in [-0.15, -0.1) is 17.9 Å². The van der Waals surface area contributed by atoms with Gasteiger partial charge in [0.1, 0.15) is 4.83 Å². The van der Waals surface area contributed by atoms with Crippen LogP contribution >= 0.6 is 23.1 Å². The second-order valence-corrected chi connectivity index (χ2v) is 7.40. The van der Waals surface area contributed by atoms with E-state index in [4.69, 9.17) is 14.5 Å². The van der Waals surface area contributed by atoms with Crippen LogP contribution in [0.5, 0.6) is 0 Å². The molecule has 2 heterocycles. The highest BCUT2D eigenvalue weighted by molar-refractivity contribution is 7.99. The summed E-state index contributed by atoms with van der Waals surface area (Å²) in [4.78, 5) is 19.5. The van der Waals surface area contributed by atoms with Crippen LogP contribution in [-0.4, -0.2) is 34.8 Å². The van der Waals surface area contributed by atoms with E-state index >= 15 is 0 Å². The van der Waals surface area contributed by atoms with Gasteiger partial charge < -0.3 is 9.47 Å². The predicted octanol–water partition coefficient (Wildman–Crippen LogP) is 3.75. The van der Waals surface area contributed by atoms with Crippen molar-refractivity contribution in [2.24, 2.45) is 0 Å². The van der Waals surface area contributed by atoms with Gasteiger partial charge in [0, 0.05) is 24.6 Å². The molecule has 5 nitrogen and oxygen atoms in total. The number of aromatic nitrogens is 2. The van der Waals surface area contributed by atoms with Gasteiger partial charge in [-0.1, -0.05) is 17.8 Å². The topological polar surface area (TPSA) is 53.4 Å². The summed E-state index contributed by atoms with van der Waals surface area (Å²) in [5.41, 5.74) is 1.01. The van der Waals surface area contributed by atoms with Crippen LogP contribution < -0.4 is 5.56 Å². The van der Waals surface area contributed by atoms with Crippen molar-refractivity contribution >= 4 is 33.3 Å². The maximum Gasteiger partial charge on any atom is 0.263 e. The van der Waals surface area contributed by atoms with Gasteiger partial charge in [-0.3, -0.25) is 9.36 Å². The Balaban J connectivity index is 2.39. The largest absolute Gasteiger partial charge is 0.352 e. The van der Waals surface area contributed by atoms with E-state index in [1.54, 1.807) is 22.0 Å². The quantitative estimate of drug-likeness (QED) is 0.292. The summed E-state index contributed by atoms with van der Waals surface area (Å²) in [6, 6.07) is 0. The minimum atomic E-state index is -0.304. The molecule has 0 atom stereocenters. The fourth-order valence-corrected chi connectivity index (χ4v) is 4.39. The molecule has 0 aromatic carbocycles. The van der Waals surface area contributed by atoms with Gasteiger partial charge in [0.2, 0.25) is 0 Å². The molecule has 132 valence electrons. The molecule has 7 heteroatoms. The van der Waals surface area contributed by atoms with Gasteiger partial charge in [0.05, 0.1) is 11.1 Å². The van der Waals surface area contributed by atoms with Crippen LogP contribution in [0.3, 0.4) is 0 Å². The van der Waals surface area contributed by atoms with Crippen molar-refractivity contribution in [1.82, 2.24) is 9.55 Å². The fourth-order valence-electron chi connectivity index (χ4n) is 2.37. The number of aryl methyl sites for hydroxylation is 2. The molecule has 0 aliphatic rings. The number of thioether (sulfide) groups is 1. The van der Waals surface area contributed by atoms with Crippen LogP contribution in [0.1, 0.15) is 24.3 Å². The lowest BCUT2D eigenvalue weighted by Crippen LogP contribution is -2.24. The van der Waals surface area contributed by atoms with Crippen LogP contribution in [0, 0.1) is 13.8 Å². The van der Waals surface area contributed by atoms with E-state index in [9.17, 15) is 4.79 Å². The van der Waals surface area contributed by atoms with Crippen LogP contribution in [-0.2, 0) is 16.0 Å². The van der Waals surface area contributed by atoms with Crippen molar-refractivity contribution < 1.29 is 9.47 Å². The second-order valence-electron chi connectivity index (χ2n) is 5.21. The van der Waals surface area contributed by atoms with Gasteiger partial charge in [-0.2, -0.15) is 0 Å². The normalized spacial score (nSPS) is 11.5. The average molecular weight is 369 g/mol. The molecule has 0 saturated heterocycles. The van der Waals surface area contributed by atoms with Gasteiger partial charge >= 0.3 is 0 Å². The van der Waals surface area contributed by atoms with Crippen molar-refractivity contribution in [3.63, 3.8) is 0 Å². The second kappa shape index (κ2) is 8.80. The monoisotopic (exact) mass is 368 g/mol. The Hall–Kier alpha value is -1.15. The Bertz CT molecular complexity index is 761. The van der Waals surface area contributed by atoms with E-state index in [0.29, 0.717) is 30.7 Å². The molecule has 0 aliphatic carbocycles. The molecule has 0 aliphatic heterocycles. The third-order valence-corrected chi connectivity index (χ3v) is 5.73. The fraction of sp³-hybridized carbons (Fsp3) is 0.529. The third-order valence-electron chi connectivity index (χ3n) is 3.62. The summed E-state index contributed by atoms with van der Waals surface area (Å²) < 4.78 is 12.8. The number of hydrogen-bond donors (Lipinski definition) is 0. The molecule has 0 radical (unpaired) electrons. The molecule has 2 aromatic heterocycles. The first-order chi connectivity index (χ1) is 11.5. The third kappa shape index (κ3) is 4.08. The summed E-state index contributed by atoms with van der Waals surface area (Å²) in [5, 5.41) is 1.40. The highest BCUT2D eigenvalue weighted by atomic mass is 32.2. The Labute approximate surface area is 150 Å². The molecule has 0 saturated carbocycles. The molecule has 0 N–H and O–H groups in total. The first kappa shape index (κ1) is 19.2. The lowest BCUT2D eigenvalue weighted by Gasteiger charge is -2.17. The smallest absolute Gasteiger partial charge is 0.263 e. The molecule has 0 spiro atoms. The minimum Gasteiger partial charge on any atom is -0.352 e. The number of allylic oxidation sites excluding steroid dienone is 1. The number of ether oxygens (including phenoxy) is 2. The zero-order valence-corrected chi connectivity index (χ0v) is 16.3. The maximum atomic E-state index is 12.9. The summed E-state index contributed by atoms with van der Waals surface area (Å²) in [6.45, 7) is 13.2. The molecule has 0 amide bonds. The van der Waals surface area contributed by atoms with E-state index < -0.39 is 0 Å². The van der Waals surface area contributed by atoms with Crippen LogP contribution in [0.15, 0.2) is 22.6 Å². The van der Waals surface area contributed by atoms with Gasteiger partial charge in [-0.05, 0) is 33.3 Å².